The molecule has 0 spiro atoms. The summed E-state index contributed by atoms with van der Waals surface area (Å²) in [6.45, 7) is 5.98. The minimum absolute atomic E-state index is 0.212. The van der Waals surface area contributed by atoms with Crippen molar-refractivity contribution in [2.75, 3.05) is 6.54 Å². The minimum Gasteiger partial charge on any atom is -0.362 e. The zero-order valence-corrected chi connectivity index (χ0v) is 13.2. The minimum atomic E-state index is -0.212. The molecule has 0 amide bonds. The van der Waals surface area contributed by atoms with E-state index in [1.54, 1.807) is 12.1 Å². The van der Waals surface area contributed by atoms with Crippen LogP contribution >= 0.6 is 12.2 Å². The number of hydrogen-bond donors (Lipinski definition) is 2. The molecule has 0 saturated carbocycles. The summed E-state index contributed by atoms with van der Waals surface area (Å²) in [6.07, 6.45) is 4.94. The first kappa shape index (κ1) is 16.9. The maximum absolute atomic E-state index is 12.8. The van der Waals surface area contributed by atoms with Crippen LogP contribution in [0.1, 0.15) is 45.1 Å². The van der Waals surface area contributed by atoms with Crippen LogP contribution in [-0.4, -0.2) is 11.7 Å². The summed E-state index contributed by atoms with van der Waals surface area (Å²) in [5, 5.41) is 7.09. The van der Waals surface area contributed by atoms with Crippen LogP contribution < -0.4 is 10.6 Å². The van der Waals surface area contributed by atoms with Crippen LogP contribution in [0.3, 0.4) is 0 Å². The van der Waals surface area contributed by atoms with Gasteiger partial charge in [0.25, 0.3) is 0 Å². The van der Waals surface area contributed by atoms with Gasteiger partial charge in [0.2, 0.25) is 0 Å². The van der Waals surface area contributed by atoms with E-state index in [2.05, 4.69) is 24.5 Å². The topological polar surface area (TPSA) is 24.1 Å². The molecule has 1 atom stereocenters. The fraction of sp³-hybridized carbons (Fsp3) is 0.562. The van der Waals surface area contributed by atoms with Crippen molar-refractivity contribution < 1.29 is 4.39 Å². The van der Waals surface area contributed by atoms with E-state index in [1.165, 1.54) is 37.8 Å². The number of nitrogens with one attached hydrogen (secondary N) is 2. The normalized spacial score (nSPS) is 11.9. The van der Waals surface area contributed by atoms with Gasteiger partial charge in [-0.25, -0.2) is 4.39 Å². The van der Waals surface area contributed by atoms with Crippen LogP contribution in [0.15, 0.2) is 24.3 Å². The Morgan fingerprint density at radius 1 is 1.20 bits per heavy atom. The van der Waals surface area contributed by atoms with Crippen LogP contribution in [0.2, 0.25) is 0 Å². The summed E-state index contributed by atoms with van der Waals surface area (Å²) >= 11 is 5.26. The van der Waals surface area contributed by atoms with E-state index in [4.69, 9.17) is 12.2 Å². The summed E-state index contributed by atoms with van der Waals surface area (Å²) in [7, 11) is 0. The van der Waals surface area contributed by atoms with Crippen LogP contribution in [0.25, 0.3) is 0 Å². The fourth-order valence-corrected chi connectivity index (χ4v) is 2.18. The highest BCUT2D eigenvalue weighted by molar-refractivity contribution is 7.80. The van der Waals surface area contributed by atoms with Crippen LogP contribution in [0.5, 0.6) is 0 Å². The molecule has 1 aromatic rings. The summed E-state index contributed by atoms with van der Waals surface area (Å²) in [4.78, 5) is 0. The molecule has 0 fully saturated rings. The van der Waals surface area contributed by atoms with Gasteiger partial charge >= 0.3 is 0 Å². The zero-order valence-electron chi connectivity index (χ0n) is 12.4. The maximum Gasteiger partial charge on any atom is 0.166 e. The highest BCUT2D eigenvalue weighted by Gasteiger charge is 2.06. The van der Waals surface area contributed by atoms with E-state index in [0.29, 0.717) is 17.6 Å². The molecule has 2 N–H and O–H groups in total. The number of hydrogen-bond acceptors (Lipinski definition) is 1. The Morgan fingerprint density at radius 2 is 1.90 bits per heavy atom. The standard InChI is InChI=1S/C16H25FN2S/c1-3-5-6-13(4-2)11-18-16(20)19-12-14-7-9-15(17)10-8-14/h7-10,13H,3-6,11-12H2,1-2H3,(H2,18,19,20). The van der Waals surface area contributed by atoms with Crippen LogP contribution in [-0.2, 0) is 6.54 Å². The molecule has 0 saturated heterocycles. The van der Waals surface area contributed by atoms with Crippen molar-refractivity contribution in [1.82, 2.24) is 10.6 Å². The van der Waals surface area contributed by atoms with Gasteiger partial charge < -0.3 is 10.6 Å². The summed E-state index contributed by atoms with van der Waals surface area (Å²) in [6, 6.07) is 6.46. The molecule has 0 aliphatic heterocycles. The molecule has 112 valence electrons. The largest absolute Gasteiger partial charge is 0.362 e. The Bertz CT molecular complexity index is 392. The van der Waals surface area contributed by atoms with Gasteiger partial charge in [-0.2, -0.15) is 0 Å². The van der Waals surface area contributed by atoms with Gasteiger partial charge in [0, 0.05) is 13.1 Å². The lowest BCUT2D eigenvalue weighted by Crippen LogP contribution is -2.37. The third-order valence-electron chi connectivity index (χ3n) is 3.46. The van der Waals surface area contributed by atoms with Crippen molar-refractivity contribution in [3.05, 3.63) is 35.6 Å². The Kier molecular flexibility index (Phi) is 8.19. The first-order chi connectivity index (χ1) is 9.65. The van der Waals surface area contributed by atoms with Gasteiger partial charge in [0.05, 0.1) is 0 Å². The molecule has 2 nitrogen and oxygen atoms in total. The molecule has 4 heteroatoms. The Hall–Kier alpha value is -1.16. The predicted molar refractivity (Wildman–Crippen MR) is 87.1 cm³/mol. The number of thiocarbonyl (C=S) groups is 1. The van der Waals surface area contributed by atoms with Crippen LogP contribution in [0.4, 0.5) is 4.39 Å². The molecule has 0 aliphatic carbocycles. The van der Waals surface area contributed by atoms with Gasteiger partial charge in [0.15, 0.2) is 5.11 Å². The lowest BCUT2D eigenvalue weighted by atomic mass is 9.99. The highest BCUT2D eigenvalue weighted by Crippen LogP contribution is 2.11. The van der Waals surface area contributed by atoms with Crippen molar-refractivity contribution in [1.29, 1.82) is 0 Å². The SMILES string of the molecule is CCCCC(CC)CNC(=S)NCc1ccc(F)cc1. The molecule has 0 aliphatic rings. The van der Waals surface area contributed by atoms with Gasteiger partial charge in [-0.1, -0.05) is 45.2 Å². The molecule has 0 radical (unpaired) electrons. The monoisotopic (exact) mass is 296 g/mol. The van der Waals surface area contributed by atoms with Crippen molar-refractivity contribution in [2.45, 2.75) is 46.1 Å². The number of halogens is 1. The molecule has 0 bridgehead atoms. The second-order valence-electron chi connectivity index (χ2n) is 5.11. The van der Waals surface area contributed by atoms with Crippen molar-refractivity contribution in [2.24, 2.45) is 5.92 Å². The van der Waals surface area contributed by atoms with Crippen molar-refractivity contribution >= 4 is 17.3 Å². The maximum atomic E-state index is 12.8. The molecule has 20 heavy (non-hydrogen) atoms. The average molecular weight is 296 g/mol. The molecule has 0 heterocycles. The molecular formula is C16H25FN2S. The first-order valence-electron chi connectivity index (χ1n) is 7.41. The summed E-state index contributed by atoms with van der Waals surface area (Å²) < 4.78 is 12.8. The van der Waals surface area contributed by atoms with E-state index in [-0.39, 0.29) is 5.82 Å². The van der Waals surface area contributed by atoms with Crippen molar-refractivity contribution in [3.63, 3.8) is 0 Å². The van der Waals surface area contributed by atoms with E-state index in [9.17, 15) is 4.39 Å². The van der Waals surface area contributed by atoms with E-state index in [0.717, 1.165) is 12.1 Å². The zero-order chi connectivity index (χ0) is 14.8. The first-order valence-corrected chi connectivity index (χ1v) is 7.82. The van der Waals surface area contributed by atoms with Crippen molar-refractivity contribution in [3.8, 4) is 0 Å². The van der Waals surface area contributed by atoms with E-state index >= 15 is 0 Å². The Balaban J connectivity index is 2.24. The number of benzene rings is 1. The highest BCUT2D eigenvalue weighted by atomic mass is 32.1. The molecule has 0 aromatic heterocycles. The van der Waals surface area contributed by atoms with Gasteiger partial charge in [-0.3, -0.25) is 0 Å². The molecular weight excluding hydrogens is 271 g/mol. The smallest absolute Gasteiger partial charge is 0.166 e. The lowest BCUT2D eigenvalue weighted by molar-refractivity contribution is 0.445. The predicted octanol–water partition coefficient (Wildman–Crippen LogP) is 4.01. The van der Waals surface area contributed by atoms with E-state index < -0.39 is 0 Å². The summed E-state index contributed by atoms with van der Waals surface area (Å²) in [5.41, 5.74) is 1.02. The lowest BCUT2D eigenvalue weighted by Gasteiger charge is -2.17. The molecule has 1 rings (SSSR count). The quantitative estimate of drug-likeness (QED) is 0.709. The second kappa shape index (κ2) is 9.70. The molecule has 1 unspecified atom stereocenters. The van der Waals surface area contributed by atoms with Gasteiger partial charge in [-0.15, -0.1) is 0 Å². The summed E-state index contributed by atoms with van der Waals surface area (Å²) in [5.74, 6) is 0.469. The third kappa shape index (κ3) is 6.85. The number of unbranched alkanes of at least 4 members (excludes halogenated alkanes) is 1. The fourth-order valence-electron chi connectivity index (χ4n) is 2.03. The Morgan fingerprint density at radius 3 is 2.50 bits per heavy atom. The van der Waals surface area contributed by atoms with Crippen LogP contribution in [0, 0.1) is 11.7 Å². The Labute approximate surface area is 127 Å². The van der Waals surface area contributed by atoms with Gasteiger partial charge in [-0.05, 0) is 42.3 Å². The number of rotatable bonds is 8. The third-order valence-corrected chi connectivity index (χ3v) is 3.75. The van der Waals surface area contributed by atoms with Gasteiger partial charge in [0.1, 0.15) is 5.82 Å². The van der Waals surface area contributed by atoms with E-state index in [1.807, 2.05) is 0 Å². The molecule has 1 aromatic carbocycles. The average Bonchev–Trinajstić information content (AvgIpc) is 2.47. The second-order valence-corrected chi connectivity index (χ2v) is 5.51.